The molecule has 4 rings (SSSR count). The molecule has 0 fully saturated rings. The molecule has 1 aromatic carbocycles. The van der Waals surface area contributed by atoms with Gasteiger partial charge in [0.15, 0.2) is 5.78 Å². The topological polar surface area (TPSA) is 133 Å². The van der Waals surface area contributed by atoms with Crippen LogP contribution in [0.2, 0.25) is 0 Å². The number of phenols is 1. The average molecular weight is 404 g/mol. The summed E-state index contributed by atoms with van der Waals surface area (Å²) in [5, 5.41) is 20.6. The van der Waals surface area contributed by atoms with E-state index in [1.807, 2.05) is 0 Å². The molecule has 30 heavy (non-hydrogen) atoms. The highest BCUT2D eigenvalue weighted by molar-refractivity contribution is 6.00. The minimum Gasteiger partial charge on any atom is -0.508 e. The molecule has 8 nitrogen and oxygen atoms in total. The van der Waals surface area contributed by atoms with E-state index in [2.05, 4.69) is 11.5 Å². The Labute approximate surface area is 172 Å². The number of Topliss-reactive ketones (excluding diaryl/α,β-unsaturated/α-hetero) is 1. The molecule has 2 aliphatic rings. The Morgan fingerprint density at radius 1 is 1.27 bits per heavy atom. The van der Waals surface area contributed by atoms with E-state index in [1.54, 1.807) is 19.1 Å². The van der Waals surface area contributed by atoms with Crippen LogP contribution < -0.4 is 11.2 Å². The van der Waals surface area contributed by atoms with Gasteiger partial charge in [-0.1, -0.05) is 0 Å². The zero-order valence-electron chi connectivity index (χ0n) is 16.3. The summed E-state index contributed by atoms with van der Waals surface area (Å²) >= 11 is 0. The van der Waals surface area contributed by atoms with E-state index < -0.39 is 11.8 Å². The molecule has 1 unspecified atom stereocenters. The van der Waals surface area contributed by atoms with Crippen molar-refractivity contribution in [2.24, 2.45) is 5.73 Å². The number of phenolic OH excluding ortho intramolecular Hbond substituents is 1. The number of hydrogen-bond acceptors (Lipinski definition) is 7. The van der Waals surface area contributed by atoms with Crippen LogP contribution >= 0.6 is 0 Å². The molecular weight excluding hydrogens is 384 g/mol. The first-order valence-corrected chi connectivity index (χ1v) is 9.53. The third kappa shape index (κ3) is 3.20. The fourth-order valence-electron chi connectivity index (χ4n) is 3.89. The summed E-state index contributed by atoms with van der Waals surface area (Å²) in [5.41, 5.74) is 10.4. The van der Waals surface area contributed by atoms with Crippen LogP contribution in [-0.4, -0.2) is 21.8 Å². The van der Waals surface area contributed by atoms with Crippen molar-refractivity contribution in [3.63, 3.8) is 0 Å². The number of nitrogens with zero attached hydrogens (tertiary/aromatic N) is 2. The molecule has 1 atom stereocenters. The second-order valence-electron chi connectivity index (χ2n) is 7.25. The monoisotopic (exact) mass is 404 g/mol. The predicted octanol–water partition coefficient (Wildman–Crippen LogP) is 2.74. The number of aryl methyl sites for hydroxylation is 1. The van der Waals surface area contributed by atoms with Crippen LogP contribution in [0.1, 0.15) is 47.1 Å². The Bertz CT molecular complexity index is 1130. The van der Waals surface area contributed by atoms with Crippen LogP contribution in [0, 0.1) is 18.3 Å². The number of amides is 1. The lowest BCUT2D eigenvalue weighted by molar-refractivity contribution is -0.116. The predicted molar refractivity (Wildman–Crippen MR) is 106 cm³/mol. The van der Waals surface area contributed by atoms with Crippen molar-refractivity contribution in [2.45, 2.75) is 32.1 Å². The largest absolute Gasteiger partial charge is 0.508 e. The maximum absolute atomic E-state index is 12.9. The van der Waals surface area contributed by atoms with Gasteiger partial charge in [0.2, 0.25) is 0 Å². The fourth-order valence-corrected chi connectivity index (χ4v) is 3.89. The van der Waals surface area contributed by atoms with Crippen molar-refractivity contribution in [1.29, 1.82) is 5.26 Å². The highest BCUT2D eigenvalue weighted by atomic mass is 16.3. The SMILES string of the molecule is Cc1ccc(C2C(C#N)=C(N)N(NC(=O)c3ccc(O)cc3)C3=C2C(=O)CCC3)o1. The zero-order chi connectivity index (χ0) is 21.4. The quantitative estimate of drug-likeness (QED) is 0.716. The van der Waals surface area contributed by atoms with Crippen LogP contribution in [0.4, 0.5) is 0 Å². The molecule has 2 aromatic rings. The van der Waals surface area contributed by atoms with Crippen LogP contribution in [0.25, 0.3) is 0 Å². The van der Waals surface area contributed by atoms with Gasteiger partial charge in [0.1, 0.15) is 23.1 Å². The standard InChI is InChI=1S/C22H20N4O4/c1-12-5-10-18(30-12)19-15(11-23)21(24)26(16-3-2-4-17(28)20(16)19)25-22(29)13-6-8-14(27)9-7-13/h5-10,19,27H,2-4,24H2,1H3,(H,25,29). The van der Waals surface area contributed by atoms with Gasteiger partial charge in [0.05, 0.1) is 23.3 Å². The number of furan rings is 1. The van der Waals surface area contributed by atoms with Crippen molar-refractivity contribution < 1.29 is 19.1 Å². The number of nitrogens with one attached hydrogen (secondary N) is 1. The second kappa shape index (κ2) is 7.44. The molecule has 4 N–H and O–H groups in total. The van der Waals surface area contributed by atoms with Crippen LogP contribution in [0.5, 0.6) is 5.75 Å². The first-order chi connectivity index (χ1) is 14.4. The Kier molecular flexibility index (Phi) is 4.80. The molecule has 2 heterocycles. The number of rotatable bonds is 3. The minimum absolute atomic E-state index is 0.0372. The number of hydrogen-bond donors (Lipinski definition) is 3. The van der Waals surface area contributed by atoms with Crippen LogP contribution in [0.15, 0.2) is 63.5 Å². The van der Waals surface area contributed by atoms with Crippen LogP contribution in [0.3, 0.4) is 0 Å². The number of allylic oxidation sites excluding steroid dienone is 3. The first-order valence-electron chi connectivity index (χ1n) is 9.53. The molecule has 0 radical (unpaired) electrons. The molecule has 1 aliphatic carbocycles. The molecular formula is C22H20N4O4. The first kappa shape index (κ1) is 19.3. The van der Waals surface area contributed by atoms with Crippen LogP contribution in [-0.2, 0) is 4.79 Å². The number of carbonyl (C=O) groups excluding carboxylic acids is 2. The van der Waals surface area contributed by atoms with Crippen molar-refractivity contribution >= 4 is 11.7 Å². The van der Waals surface area contributed by atoms with Gasteiger partial charge in [-0.05, 0) is 56.2 Å². The van der Waals surface area contributed by atoms with E-state index in [4.69, 9.17) is 10.2 Å². The smallest absolute Gasteiger partial charge is 0.270 e. The van der Waals surface area contributed by atoms with E-state index in [1.165, 1.54) is 29.3 Å². The van der Waals surface area contributed by atoms with Gasteiger partial charge >= 0.3 is 0 Å². The lowest BCUT2D eigenvalue weighted by Crippen LogP contribution is -2.48. The summed E-state index contributed by atoms with van der Waals surface area (Å²) in [7, 11) is 0. The molecule has 1 aliphatic heterocycles. The summed E-state index contributed by atoms with van der Waals surface area (Å²) in [6.07, 6.45) is 1.49. The molecule has 0 saturated heterocycles. The summed E-state index contributed by atoms with van der Waals surface area (Å²) < 4.78 is 5.74. The molecule has 0 saturated carbocycles. The van der Waals surface area contributed by atoms with Crippen molar-refractivity contribution in [1.82, 2.24) is 10.4 Å². The van der Waals surface area contributed by atoms with E-state index in [9.17, 15) is 20.0 Å². The number of ketones is 1. The molecule has 152 valence electrons. The maximum atomic E-state index is 12.9. The fraction of sp³-hybridized carbons (Fsp3) is 0.227. The highest BCUT2D eigenvalue weighted by Gasteiger charge is 2.41. The Balaban J connectivity index is 1.79. The third-order valence-electron chi connectivity index (χ3n) is 5.30. The van der Waals surface area contributed by atoms with Gasteiger partial charge in [0.25, 0.3) is 5.91 Å². The number of carbonyl (C=O) groups is 2. The summed E-state index contributed by atoms with van der Waals surface area (Å²) in [4.78, 5) is 25.6. The molecule has 8 heteroatoms. The average Bonchev–Trinajstić information content (AvgIpc) is 3.16. The number of nitriles is 1. The van der Waals surface area contributed by atoms with Crippen molar-refractivity contribution in [2.75, 3.05) is 0 Å². The third-order valence-corrected chi connectivity index (χ3v) is 5.30. The van der Waals surface area contributed by atoms with Gasteiger partial charge in [0, 0.05) is 17.6 Å². The Hall–Kier alpha value is -3.99. The van der Waals surface area contributed by atoms with Gasteiger partial charge in [-0.2, -0.15) is 5.26 Å². The summed E-state index contributed by atoms with van der Waals surface area (Å²) in [6.45, 7) is 1.79. The van der Waals surface area contributed by atoms with Gasteiger partial charge < -0.3 is 15.3 Å². The number of hydrazine groups is 1. The number of aromatic hydroxyl groups is 1. The second-order valence-corrected chi connectivity index (χ2v) is 7.25. The molecule has 0 spiro atoms. The normalized spacial score (nSPS) is 18.9. The van der Waals surface area contributed by atoms with Gasteiger partial charge in [-0.15, -0.1) is 0 Å². The minimum atomic E-state index is -0.701. The molecule has 1 aromatic heterocycles. The number of benzene rings is 1. The highest BCUT2D eigenvalue weighted by Crippen LogP contribution is 2.44. The van der Waals surface area contributed by atoms with Gasteiger partial charge in [-0.25, -0.2) is 5.01 Å². The zero-order valence-corrected chi connectivity index (χ0v) is 16.3. The molecule has 1 amide bonds. The molecule has 0 bridgehead atoms. The van der Waals surface area contributed by atoms with E-state index in [0.717, 1.165) is 0 Å². The van der Waals surface area contributed by atoms with E-state index >= 15 is 0 Å². The van der Waals surface area contributed by atoms with Gasteiger partial charge in [-0.3, -0.25) is 15.0 Å². The Morgan fingerprint density at radius 2 is 2.00 bits per heavy atom. The van der Waals surface area contributed by atoms with Crippen molar-refractivity contribution in [3.05, 3.63) is 76.1 Å². The lowest BCUT2D eigenvalue weighted by Gasteiger charge is -2.38. The van der Waals surface area contributed by atoms with Crippen molar-refractivity contribution in [3.8, 4) is 11.8 Å². The lowest BCUT2D eigenvalue weighted by atomic mass is 9.78. The summed E-state index contributed by atoms with van der Waals surface area (Å²) in [6, 6.07) is 11.3. The number of nitrogens with two attached hydrogens (primary N) is 1. The Morgan fingerprint density at radius 3 is 2.63 bits per heavy atom. The van der Waals surface area contributed by atoms with E-state index in [0.29, 0.717) is 47.6 Å². The van der Waals surface area contributed by atoms with E-state index in [-0.39, 0.29) is 22.9 Å². The maximum Gasteiger partial charge on any atom is 0.270 e. The summed E-state index contributed by atoms with van der Waals surface area (Å²) in [5.74, 6) is -0.0546.